The SMILES string of the molecule is CC(Cl)OC(=O)OCC1C(NC(=O)OCc2ccccc2)C(=O)N1C(=O)N(NC(=O)c1cc(=O)c(O)c[nH]1)S(=O)(=O)N1CCNC1=O. The van der Waals surface area contributed by atoms with Gasteiger partial charge in [-0.25, -0.2) is 28.9 Å². The van der Waals surface area contributed by atoms with Crippen molar-refractivity contribution >= 4 is 57.9 Å². The van der Waals surface area contributed by atoms with Gasteiger partial charge in [0.25, 0.3) is 11.8 Å². The zero-order chi connectivity index (χ0) is 34.5. The van der Waals surface area contributed by atoms with Crippen LogP contribution in [0.5, 0.6) is 5.75 Å². The molecule has 3 unspecified atom stereocenters. The zero-order valence-electron chi connectivity index (χ0n) is 24.1. The lowest BCUT2D eigenvalue weighted by Gasteiger charge is -2.45. The number of rotatable bonds is 9. The van der Waals surface area contributed by atoms with Gasteiger partial charge in [0.05, 0.1) is 6.54 Å². The minimum Gasteiger partial charge on any atom is -0.503 e. The number of hydrogen-bond acceptors (Lipinski definition) is 13. The standard InChI is InChI=1S/C25H26ClN7O13S/c1-13(26)46-25(41)45-12-16-19(29-23(39)44-11-14-5-3-2-4-6-14)21(37)32(16)24(40)33(47(42,43)31-8-7-27-22(31)38)30-20(36)15-9-17(34)18(35)10-28-15/h2-6,9-10,13,16,19,35H,7-8,11-12H2,1H3,(H,27,38)(H,28,34)(H,29,39)(H,30,36). The van der Waals surface area contributed by atoms with Crippen molar-refractivity contribution in [2.75, 3.05) is 19.7 Å². The summed E-state index contributed by atoms with van der Waals surface area (Å²) >= 11 is 5.60. The average Bonchev–Trinajstić information content (AvgIpc) is 3.47. The number of hydrogen-bond donors (Lipinski definition) is 5. The van der Waals surface area contributed by atoms with Gasteiger partial charge in [-0.1, -0.05) is 41.9 Å². The second kappa shape index (κ2) is 14.2. The molecule has 5 N–H and O–H groups in total. The third-order valence-corrected chi connectivity index (χ3v) is 8.09. The zero-order valence-corrected chi connectivity index (χ0v) is 25.6. The summed E-state index contributed by atoms with van der Waals surface area (Å²) in [4.78, 5) is 91.0. The molecule has 20 nitrogen and oxygen atoms in total. The van der Waals surface area contributed by atoms with Crippen LogP contribution < -0.4 is 21.5 Å². The summed E-state index contributed by atoms with van der Waals surface area (Å²) in [6.07, 6.45) is -1.77. The second-order valence-corrected chi connectivity index (χ2v) is 11.9. The first-order chi connectivity index (χ1) is 22.2. The fourth-order valence-corrected chi connectivity index (χ4v) is 5.49. The molecular formula is C25H26ClN7O13S. The Labute approximate surface area is 269 Å². The van der Waals surface area contributed by atoms with Crippen LogP contribution in [0.1, 0.15) is 23.0 Å². The molecule has 4 rings (SSSR count). The minimum absolute atomic E-state index is 0.170. The van der Waals surface area contributed by atoms with Gasteiger partial charge in [-0.3, -0.25) is 19.3 Å². The molecule has 252 valence electrons. The fraction of sp³-hybridized carbons (Fsp3) is 0.320. The van der Waals surface area contributed by atoms with Crippen LogP contribution in [0.15, 0.2) is 47.4 Å². The number of carbonyl (C=O) groups is 6. The minimum atomic E-state index is -5.29. The van der Waals surface area contributed by atoms with Crippen molar-refractivity contribution in [1.82, 2.24) is 34.7 Å². The van der Waals surface area contributed by atoms with Gasteiger partial charge in [0, 0.05) is 18.8 Å². The van der Waals surface area contributed by atoms with Crippen molar-refractivity contribution in [3.8, 4) is 5.75 Å². The van der Waals surface area contributed by atoms with Gasteiger partial charge >= 0.3 is 34.5 Å². The third-order valence-electron chi connectivity index (χ3n) is 6.38. The van der Waals surface area contributed by atoms with Crippen molar-refractivity contribution in [1.29, 1.82) is 0 Å². The molecule has 47 heavy (non-hydrogen) atoms. The lowest BCUT2D eigenvalue weighted by atomic mass is 9.96. The number of H-pyrrole nitrogens is 1. The summed E-state index contributed by atoms with van der Waals surface area (Å²) in [7, 11) is -5.29. The number of urea groups is 2. The number of pyridine rings is 1. The summed E-state index contributed by atoms with van der Waals surface area (Å²) in [5.74, 6) is -3.45. The number of imide groups is 1. The molecule has 2 saturated heterocycles. The van der Waals surface area contributed by atoms with Crippen molar-refractivity contribution in [3.63, 3.8) is 0 Å². The molecular weight excluding hydrogens is 674 g/mol. The first-order valence-corrected chi connectivity index (χ1v) is 15.2. The third kappa shape index (κ3) is 7.81. The Hall–Kier alpha value is -5.57. The molecule has 22 heteroatoms. The molecule has 2 aliphatic heterocycles. The molecule has 1 aromatic carbocycles. The van der Waals surface area contributed by atoms with Gasteiger partial charge in [0.2, 0.25) is 5.43 Å². The van der Waals surface area contributed by atoms with E-state index in [2.05, 4.69) is 20.4 Å². The highest BCUT2D eigenvalue weighted by molar-refractivity contribution is 7.87. The highest BCUT2D eigenvalue weighted by Crippen LogP contribution is 2.25. The number of alkyl carbamates (subject to hydrolysis) is 1. The summed E-state index contributed by atoms with van der Waals surface area (Å²) in [6.45, 7) is -0.471. The average molecular weight is 700 g/mol. The smallest absolute Gasteiger partial charge is 0.503 e. The van der Waals surface area contributed by atoms with E-state index < -0.39 is 94.0 Å². The van der Waals surface area contributed by atoms with Gasteiger partial charge in [0.15, 0.2) is 11.3 Å². The van der Waals surface area contributed by atoms with Gasteiger partial charge < -0.3 is 34.9 Å². The highest BCUT2D eigenvalue weighted by Gasteiger charge is 2.56. The van der Waals surface area contributed by atoms with E-state index in [1.807, 2.05) is 0 Å². The van der Waals surface area contributed by atoms with E-state index in [-0.39, 0.29) is 26.8 Å². The molecule has 0 aliphatic carbocycles. The Morgan fingerprint density at radius 1 is 1.15 bits per heavy atom. The van der Waals surface area contributed by atoms with Gasteiger partial charge in [-0.05, 0) is 12.5 Å². The number of hydrazine groups is 1. The molecule has 0 bridgehead atoms. The van der Waals surface area contributed by atoms with Gasteiger partial charge in [-0.2, -0.15) is 8.42 Å². The van der Waals surface area contributed by atoms with Crippen LogP contribution in [0.4, 0.5) is 19.2 Å². The largest absolute Gasteiger partial charge is 0.509 e. The monoisotopic (exact) mass is 699 g/mol. The lowest BCUT2D eigenvalue weighted by Crippen LogP contribution is -2.76. The Morgan fingerprint density at radius 2 is 1.85 bits per heavy atom. The number of ether oxygens (including phenoxy) is 3. The van der Waals surface area contributed by atoms with E-state index in [0.29, 0.717) is 17.8 Å². The summed E-state index contributed by atoms with van der Waals surface area (Å²) < 4.78 is 41.4. The second-order valence-electron chi connectivity index (χ2n) is 9.58. The first-order valence-electron chi connectivity index (χ1n) is 13.4. The number of aromatic nitrogens is 1. The normalized spacial score (nSPS) is 17.9. The summed E-state index contributed by atoms with van der Waals surface area (Å²) in [6, 6.07) is 2.78. The number of nitrogens with one attached hydrogen (secondary N) is 4. The molecule has 0 spiro atoms. The number of likely N-dealkylation sites (tertiary alicyclic amines) is 1. The number of aromatic hydroxyl groups is 1. The van der Waals surface area contributed by atoms with E-state index in [9.17, 15) is 47.1 Å². The number of amides is 7. The number of alkyl halides is 1. The number of aromatic amines is 1. The van der Waals surface area contributed by atoms with Crippen molar-refractivity contribution in [2.24, 2.45) is 0 Å². The van der Waals surface area contributed by atoms with Crippen LogP contribution >= 0.6 is 11.6 Å². The first kappa shape index (κ1) is 34.3. The number of β-lactam (4-membered cyclic amide) rings is 1. The van der Waals surface area contributed by atoms with Crippen LogP contribution in [0.2, 0.25) is 0 Å². The molecule has 2 aromatic rings. The quantitative estimate of drug-likeness (QED) is 0.0972. The number of halogens is 1. The highest BCUT2D eigenvalue weighted by atomic mass is 35.5. The maximum Gasteiger partial charge on any atom is 0.509 e. The van der Waals surface area contributed by atoms with Crippen molar-refractivity contribution in [2.45, 2.75) is 31.2 Å². The fourth-order valence-electron chi connectivity index (χ4n) is 4.14. The van der Waals surface area contributed by atoms with Crippen LogP contribution in [0.25, 0.3) is 0 Å². The van der Waals surface area contributed by atoms with E-state index >= 15 is 0 Å². The molecule has 2 aliphatic rings. The molecule has 3 atom stereocenters. The van der Waals surface area contributed by atoms with E-state index in [1.54, 1.807) is 35.8 Å². The molecule has 3 heterocycles. The number of nitrogens with zero attached hydrogens (tertiary/aromatic N) is 3. The van der Waals surface area contributed by atoms with Crippen LogP contribution in [-0.2, 0) is 35.8 Å². The summed E-state index contributed by atoms with van der Waals surface area (Å²) in [5, 5.41) is 13.9. The Morgan fingerprint density at radius 3 is 2.47 bits per heavy atom. The van der Waals surface area contributed by atoms with Gasteiger partial charge in [-0.15, -0.1) is 4.41 Å². The predicted molar refractivity (Wildman–Crippen MR) is 154 cm³/mol. The summed E-state index contributed by atoms with van der Waals surface area (Å²) in [5.41, 5.74) is -0.526. The van der Waals surface area contributed by atoms with Crippen LogP contribution in [-0.4, -0.2) is 106 Å². The molecule has 0 saturated carbocycles. The van der Waals surface area contributed by atoms with Crippen LogP contribution in [0.3, 0.4) is 0 Å². The van der Waals surface area contributed by atoms with Crippen molar-refractivity contribution in [3.05, 3.63) is 64.1 Å². The Kier molecular flexibility index (Phi) is 10.4. The number of benzene rings is 1. The number of carbonyl (C=O) groups excluding carboxylic acids is 6. The predicted octanol–water partition coefficient (Wildman–Crippen LogP) is -0.339. The van der Waals surface area contributed by atoms with Crippen molar-refractivity contribution < 1.29 is 56.5 Å². The van der Waals surface area contributed by atoms with Crippen LogP contribution in [0, 0.1) is 0 Å². The molecule has 1 aromatic heterocycles. The Balaban J connectivity index is 1.61. The Bertz CT molecular complexity index is 1740. The van der Waals surface area contributed by atoms with E-state index in [0.717, 1.165) is 0 Å². The molecule has 2 fully saturated rings. The van der Waals surface area contributed by atoms with Gasteiger partial charge in [0.1, 0.15) is 31.0 Å². The molecule has 7 amide bonds. The topological polar surface area (TPSA) is 263 Å². The lowest BCUT2D eigenvalue weighted by molar-refractivity contribution is -0.148. The van der Waals surface area contributed by atoms with E-state index in [4.69, 9.17) is 21.1 Å². The maximum atomic E-state index is 13.7. The molecule has 0 radical (unpaired) electrons. The van der Waals surface area contributed by atoms with E-state index in [1.165, 1.54) is 6.92 Å². The maximum absolute atomic E-state index is 13.7.